The highest BCUT2D eigenvalue weighted by atomic mass is 16.5. The summed E-state index contributed by atoms with van der Waals surface area (Å²) in [6, 6.07) is 12.2. The van der Waals surface area contributed by atoms with Crippen LogP contribution in [0.4, 0.5) is 5.69 Å². The van der Waals surface area contributed by atoms with Crippen LogP contribution in [0.5, 0.6) is 11.5 Å². The molecule has 1 unspecified atom stereocenters. The zero-order chi connectivity index (χ0) is 21.2. The molecule has 8 nitrogen and oxygen atoms in total. The maximum atomic E-state index is 12.8. The van der Waals surface area contributed by atoms with Gasteiger partial charge in [-0.1, -0.05) is 6.07 Å². The standard InChI is InChI=1S/C21H24N4O4/c1-14(11-23-13-26)25-18-6-4-15(10-22)8-17(18)21(27)24-12-16-5-7-19(28-2)20(9-16)29-3/h4-9,13-14,25H,11-12H2,1-3H3,(H,23,26)(H,24,27). The number of amides is 2. The van der Waals surface area contributed by atoms with Crippen molar-refractivity contribution in [1.82, 2.24) is 10.6 Å². The van der Waals surface area contributed by atoms with Gasteiger partial charge in [0.05, 0.1) is 31.4 Å². The largest absolute Gasteiger partial charge is 0.493 e. The summed E-state index contributed by atoms with van der Waals surface area (Å²) in [5.41, 5.74) is 2.15. The number of nitrogens with one attached hydrogen (secondary N) is 3. The predicted octanol–water partition coefficient (Wildman–Crippen LogP) is 2.05. The van der Waals surface area contributed by atoms with Gasteiger partial charge in [0.2, 0.25) is 6.41 Å². The second kappa shape index (κ2) is 10.6. The third-order valence-corrected chi connectivity index (χ3v) is 4.20. The van der Waals surface area contributed by atoms with Gasteiger partial charge in [-0.25, -0.2) is 0 Å². The van der Waals surface area contributed by atoms with Crippen molar-refractivity contribution < 1.29 is 19.1 Å². The third kappa shape index (κ3) is 5.87. The Kier molecular flexibility index (Phi) is 7.86. The van der Waals surface area contributed by atoms with Crippen molar-refractivity contribution in [2.75, 3.05) is 26.1 Å². The van der Waals surface area contributed by atoms with E-state index in [1.165, 1.54) is 6.07 Å². The van der Waals surface area contributed by atoms with E-state index in [9.17, 15) is 14.9 Å². The molecule has 0 saturated carbocycles. The second-order valence-corrected chi connectivity index (χ2v) is 6.32. The number of hydrogen-bond acceptors (Lipinski definition) is 6. The molecular formula is C21H24N4O4. The molecule has 1 atom stereocenters. The summed E-state index contributed by atoms with van der Waals surface area (Å²) < 4.78 is 10.5. The van der Waals surface area contributed by atoms with Crippen LogP contribution in [0.15, 0.2) is 36.4 Å². The van der Waals surface area contributed by atoms with Crippen LogP contribution in [-0.2, 0) is 11.3 Å². The number of ether oxygens (including phenoxy) is 2. The minimum Gasteiger partial charge on any atom is -0.493 e. The number of methoxy groups -OCH3 is 2. The number of benzene rings is 2. The van der Waals surface area contributed by atoms with Crippen LogP contribution in [0.1, 0.15) is 28.4 Å². The highest BCUT2D eigenvalue weighted by Gasteiger charge is 2.15. The molecule has 3 N–H and O–H groups in total. The van der Waals surface area contributed by atoms with Gasteiger partial charge < -0.3 is 25.4 Å². The van der Waals surface area contributed by atoms with E-state index in [2.05, 4.69) is 16.0 Å². The molecule has 0 aliphatic rings. The molecule has 152 valence electrons. The summed E-state index contributed by atoms with van der Waals surface area (Å²) in [7, 11) is 3.10. The van der Waals surface area contributed by atoms with Crippen LogP contribution in [0.25, 0.3) is 0 Å². The Morgan fingerprint density at radius 1 is 1.17 bits per heavy atom. The first-order chi connectivity index (χ1) is 14.0. The normalized spacial score (nSPS) is 11.0. The van der Waals surface area contributed by atoms with Crippen molar-refractivity contribution in [2.45, 2.75) is 19.5 Å². The first-order valence-electron chi connectivity index (χ1n) is 8.99. The zero-order valence-corrected chi connectivity index (χ0v) is 16.6. The molecule has 0 radical (unpaired) electrons. The second-order valence-electron chi connectivity index (χ2n) is 6.32. The molecule has 0 aromatic heterocycles. The Hall–Kier alpha value is -3.73. The lowest BCUT2D eigenvalue weighted by Crippen LogP contribution is -2.31. The topological polar surface area (TPSA) is 112 Å². The van der Waals surface area contributed by atoms with Crippen molar-refractivity contribution in [3.63, 3.8) is 0 Å². The molecule has 0 aliphatic carbocycles. The average molecular weight is 396 g/mol. The van der Waals surface area contributed by atoms with Gasteiger partial charge in [-0.05, 0) is 42.8 Å². The summed E-state index contributed by atoms with van der Waals surface area (Å²) in [4.78, 5) is 23.3. The Balaban J connectivity index is 2.16. The molecule has 29 heavy (non-hydrogen) atoms. The van der Waals surface area contributed by atoms with Crippen molar-refractivity contribution in [3.8, 4) is 17.6 Å². The van der Waals surface area contributed by atoms with Gasteiger partial charge in [0.25, 0.3) is 5.91 Å². The first kappa shape index (κ1) is 21.6. The predicted molar refractivity (Wildman–Crippen MR) is 109 cm³/mol. The Bertz CT molecular complexity index is 908. The number of nitriles is 1. The molecule has 0 aliphatic heterocycles. The molecule has 2 aromatic rings. The summed E-state index contributed by atoms with van der Waals surface area (Å²) in [5.74, 6) is 0.855. The van der Waals surface area contributed by atoms with Crippen LogP contribution in [0.2, 0.25) is 0 Å². The Morgan fingerprint density at radius 3 is 2.59 bits per heavy atom. The van der Waals surface area contributed by atoms with E-state index in [-0.39, 0.29) is 18.5 Å². The van der Waals surface area contributed by atoms with Crippen LogP contribution in [0.3, 0.4) is 0 Å². The molecule has 2 amide bonds. The van der Waals surface area contributed by atoms with Crippen LogP contribution in [0, 0.1) is 11.3 Å². The number of carbonyl (C=O) groups is 2. The van der Waals surface area contributed by atoms with Gasteiger partial charge in [0.15, 0.2) is 11.5 Å². The molecule has 2 aromatic carbocycles. The molecule has 0 heterocycles. The van der Waals surface area contributed by atoms with Gasteiger partial charge in [0.1, 0.15) is 0 Å². The maximum absolute atomic E-state index is 12.8. The third-order valence-electron chi connectivity index (χ3n) is 4.20. The molecule has 0 bridgehead atoms. The molecule has 2 rings (SSSR count). The van der Waals surface area contributed by atoms with Gasteiger partial charge in [-0.3, -0.25) is 9.59 Å². The fraction of sp³-hybridized carbons (Fsp3) is 0.286. The summed E-state index contributed by atoms with van der Waals surface area (Å²) in [5, 5.41) is 17.8. The number of carbonyl (C=O) groups excluding carboxylic acids is 2. The minimum atomic E-state index is -0.324. The van der Waals surface area contributed by atoms with E-state index in [1.54, 1.807) is 38.5 Å². The lowest BCUT2D eigenvalue weighted by atomic mass is 10.1. The van der Waals surface area contributed by atoms with E-state index in [1.807, 2.05) is 19.1 Å². The van der Waals surface area contributed by atoms with Crippen molar-refractivity contribution >= 4 is 18.0 Å². The Labute approximate surface area is 169 Å². The fourth-order valence-corrected chi connectivity index (χ4v) is 2.74. The van der Waals surface area contributed by atoms with Crippen molar-refractivity contribution in [2.24, 2.45) is 0 Å². The van der Waals surface area contributed by atoms with E-state index in [0.29, 0.717) is 41.3 Å². The monoisotopic (exact) mass is 396 g/mol. The van der Waals surface area contributed by atoms with E-state index < -0.39 is 0 Å². The molecular weight excluding hydrogens is 372 g/mol. The van der Waals surface area contributed by atoms with Crippen LogP contribution >= 0.6 is 0 Å². The fourth-order valence-electron chi connectivity index (χ4n) is 2.74. The SMILES string of the molecule is COc1ccc(CNC(=O)c2cc(C#N)ccc2NC(C)CNC=O)cc1OC. The summed E-state index contributed by atoms with van der Waals surface area (Å²) in [6.45, 7) is 2.55. The van der Waals surface area contributed by atoms with Gasteiger partial charge >= 0.3 is 0 Å². The van der Waals surface area contributed by atoms with Gasteiger partial charge in [-0.2, -0.15) is 5.26 Å². The number of hydrogen-bond donors (Lipinski definition) is 3. The molecule has 0 fully saturated rings. The molecule has 0 spiro atoms. The minimum absolute atomic E-state index is 0.106. The van der Waals surface area contributed by atoms with Crippen molar-refractivity contribution in [1.29, 1.82) is 5.26 Å². The summed E-state index contributed by atoms with van der Waals surface area (Å²) >= 11 is 0. The van der Waals surface area contributed by atoms with E-state index in [4.69, 9.17) is 9.47 Å². The number of rotatable bonds is 10. The molecule has 8 heteroatoms. The summed E-state index contributed by atoms with van der Waals surface area (Å²) in [6.07, 6.45) is 0.619. The van der Waals surface area contributed by atoms with Crippen LogP contribution in [-0.4, -0.2) is 39.1 Å². The highest BCUT2D eigenvalue weighted by molar-refractivity contribution is 6.00. The highest BCUT2D eigenvalue weighted by Crippen LogP contribution is 2.27. The van der Waals surface area contributed by atoms with Gasteiger partial charge in [0, 0.05) is 24.8 Å². The van der Waals surface area contributed by atoms with E-state index >= 15 is 0 Å². The lowest BCUT2D eigenvalue weighted by molar-refractivity contribution is -0.109. The quantitative estimate of drug-likeness (QED) is 0.530. The lowest BCUT2D eigenvalue weighted by Gasteiger charge is -2.18. The number of nitrogens with zero attached hydrogens (tertiary/aromatic N) is 1. The van der Waals surface area contributed by atoms with Crippen LogP contribution < -0.4 is 25.4 Å². The average Bonchev–Trinajstić information content (AvgIpc) is 2.75. The zero-order valence-electron chi connectivity index (χ0n) is 16.6. The molecule has 0 saturated heterocycles. The number of anilines is 1. The smallest absolute Gasteiger partial charge is 0.253 e. The van der Waals surface area contributed by atoms with E-state index in [0.717, 1.165) is 5.56 Å². The maximum Gasteiger partial charge on any atom is 0.253 e. The first-order valence-corrected chi connectivity index (χ1v) is 8.99. The van der Waals surface area contributed by atoms with Gasteiger partial charge in [-0.15, -0.1) is 0 Å². The Morgan fingerprint density at radius 2 is 1.93 bits per heavy atom. The van der Waals surface area contributed by atoms with Crippen molar-refractivity contribution in [3.05, 3.63) is 53.1 Å².